The number of aliphatic hydroxyl groups excluding tert-OH is 2. The first-order chi connectivity index (χ1) is 22.2. The fourth-order valence-corrected chi connectivity index (χ4v) is 9.67. The standard InChI is InChI=1S/C33H39FN6O4S2/c1-18-26(32-39-28-25(45-32)13-15-35-27(28)20-6-7-20)31(40-33(37-18)36-14-12-19-4-2-3-5-19)38-24-16-21(29(41)30(24)42)17-46(43,44)23-10-8-22(34)9-11-23/h8-11,13,15,19-21,24,29-30,41-42H,2-7,12,14,16-17H2,1H3,(H2,36,37,38,40). The van der Waals surface area contributed by atoms with E-state index in [-0.39, 0.29) is 17.1 Å². The third kappa shape index (κ3) is 6.47. The van der Waals surface area contributed by atoms with Crippen LogP contribution < -0.4 is 10.6 Å². The van der Waals surface area contributed by atoms with Gasteiger partial charge in [-0.2, -0.15) is 4.98 Å². The van der Waals surface area contributed by atoms with Crippen LogP contribution in [-0.2, 0) is 9.84 Å². The Morgan fingerprint density at radius 1 is 1.00 bits per heavy atom. The van der Waals surface area contributed by atoms with Crippen molar-refractivity contribution in [2.24, 2.45) is 11.8 Å². The van der Waals surface area contributed by atoms with Crippen LogP contribution in [0.4, 0.5) is 16.2 Å². The zero-order valence-corrected chi connectivity index (χ0v) is 27.3. The molecule has 4 atom stereocenters. The van der Waals surface area contributed by atoms with Crippen LogP contribution in [0.25, 0.3) is 20.8 Å². The summed E-state index contributed by atoms with van der Waals surface area (Å²) in [5, 5.41) is 29.6. The summed E-state index contributed by atoms with van der Waals surface area (Å²) < 4.78 is 40.7. The van der Waals surface area contributed by atoms with E-state index in [0.29, 0.717) is 34.9 Å². The van der Waals surface area contributed by atoms with E-state index in [1.165, 1.54) is 49.2 Å². The zero-order chi connectivity index (χ0) is 32.0. The quantitative estimate of drug-likeness (QED) is 0.152. The summed E-state index contributed by atoms with van der Waals surface area (Å²) in [5.74, 6) is 0.413. The third-order valence-electron chi connectivity index (χ3n) is 9.64. The van der Waals surface area contributed by atoms with Gasteiger partial charge in [-0.25, -0.2) is 22.8 Å². The maximum absolute atomic E-state index is 13.4. The number of rotatable bonds is 11. The Morgan fingerprint density at radius 2 is 1.76 bits per heavy atom. The number of fused-ring (bicyclic) bond motifs is 1. The number of nitrogens with one attached hydrogen (secondary N) is 2. The minimum absolute atomic E-state index is 0.0232. The van der Waals surface area contributed by atoms with E-state index >= 15 is 0 Å². The molecule has 4 N–H and O–H groups in total. The van der Waals surface area contributed by atoms with Crippen LogP contribution in [0.3, 0.4) is 0 Å². The monoisotopic (exact) mass is 666 g/mol. The number of nitrogens with zero attached hydrogens (tertiary/aromatic N) is 4. The Balaban J connectivity index is 1.17. The molecule has 0 bridgehead atoms. The van der Waals surface area contributed by atoms with Crippen molar-refractivity contribution in [3.63, 3.8) is 0 Å². The number of pyridine rings is 1. The number of sulfone groups is 1. The van der Waals surface area contributed by atoms with Crippen molar-refractivity contribution in [1.82, 2.24) is 19.9 Å². The van der Waals surface area contributed by atoms with Crippen LogP contribution in [0.1, 0.15) is 68.7 Å². The van der Waals surface area contributed by atoms with Gasteiger partial charge in [-0.05, 0) is 68.9 Å². The van der Waals surface area contributed by atoms with Crippen molar-refractivity contribution >= 4 is 43.2 Å². The molecule has 3 aromatic heterocycles. The van der Waals surface area contributed by atoms with Gasteiger partial charge in [-0.15, -0.1) is 11.3 Å². The molecule has 3 saturated carbocycles. The lowest BCUT2D eigenvalue weighted by Crippen LogP contribution is -2.36. The summed E-state index contributed by atoms with van der Waals surface area (Å²) in [4.78, 5) is 19.3. The molecule has 3 fully saturated rings. The lowest BCUT2D eigenvalue weighted by Gasteiger charge is -2.21. The zero-order valence-electron chi connectivity index (χ0n) is 25.7. The van der Waals surface area contributed by atoms with Crippen LogP contribution in [-0.4, -0.2) is 69.1 Å². The molecule has 1 aromatic carbocycles. The molecule has 3 heterocycles. The first-order valence-electron chi connectivity index (χ1n) is 16.2. The van der Waals surface area contributed by atoms with Crippen molar-refractivity contribution in [3.05, 3.63) is 53.7 Å². The highest BCUT2D eigenvalue weighted by Gasteiger charge is 2.44. The van der Waals surface area contributed by atoms with E-state index in [0.717, 1.165) is 58.9 Å². The molecule has 3 aliphatic rings. The molecule has 0 spiro atoms. The average molecular weight is 667 g/mol. The van der Waals surface area contributed by atoms with Gasteiger partial charge in [0.2, 0.25) is 5.95 Å². The number of anilines is 2. The number of hydrogen-bond acceptors (Lipinski definition) is 11. The molecule has 4 aromatic rings. The minimum Gasteiger partial charge on any atom is -0.390 e. The van der Waals surface area contributed by atoms with Crippen molar-refractivity contribution < 1.29 is 23.0 Å². The molecule has 10 nitrogen and oxygen atoms in total. The largest absolute Gasteiger partial charge is 0.390 e. The second-order valence-electron chi connectivity index (χ2n) is 13.0. The maximum Gasteiger partial charge on any atom is 0.224 e. The first-order valence-corrected chi connectivity index (χ1v) is 18.6. The van der Waals surface area contributed by atoms with Gasteiger partial charge < -0.3 is 20.8 Å². The Hall–Kier alpha value is -3.26. The van der Waals surface area contributed by atoms with E-state index in [4.69, 9.17) is 15.0 Å². The van der Waals surface area contributed by atoms with Crippen molar-refractivity contribution in [3.8, 4) is 10.6 Å². The predicted molar refractivity (Wildman–Crippen MR) is 176 cm³/mol. The smallest absolute Gasteiger partial charge is 0.224 e. The van der Waals surface area contributed by atoms with Crippen LogP contribution in [0.2, 0.25) is 0 Å². The molecule has 0 aliphatic heterocycles. The van der Waals surface area contributed by atoms with Gasteiger partial charge in [-0.1, -0.05) is 25.7 Å². The topological polar surface area (TPSA) is 150 Å². The number of aliphatic hydroxyl groups is 2. The van der Waals surface area contributed by atoms with Gasteiger partial charge in [-0.3, -0.25) is 4.98 Å². The van der Waals surface area contributed by atoms with Gasteiger partial charge in [0.1, 0.15) is 28.3 Å². The summed E-state index contributed by atoms with van der Waals surface area (Å²) in [7, 11) is -3.83. The van der Waals surface area contributed by atoms with Crippen molar-refractivity contribution in [2.75, 3.05) is 22.9 Å². The number of thiazole rings is 1. The molecule has 0 saturated heterocycles. The lowest BCUT2D eigenvalue weighted by molar-refractivity contribution is 0.0216. The fraction of sp³-hybridized carbons (Fsp3) is 0.515. The van der Waals surface area contributed by atoms with Gasteiger partial charge >= 0.3 is 0 Å². The van der Waals surface area contributed by atoms with Crippen molar-refractivity contribution in [1.29, 1.82) is 0 Å². The summed E-state index contributed by atoms with van der Waals surface area (Å²) in [5.41, 5.74) is 3.31. The van der Waals surface area contributed by atoms with Crippen LogP contribution >= 0.6 is 11.3 Å². The van der Waals surface area contributed by atoms with E-state index < -0.39 is 39.8 Å². The number of benzene rings is 1. The van der Waals surface area contributed by atoms with Gasteiger partial charge in [0.15, 0.2) is 9.84 Å². The number of aromatic nitrogens is 4. The average Bonchev–Trinajstić information content (AvgIpc) is 3.45. The first kappa shape index (κ1) is 31.3. The molecule has 46 heavy (non-hydrogen) atoms. The predicted octanol–water partition coefficient (Wildman–Crippen LogP) is 5.46. The SMILES string of the molecule is Cc1nc(NCCC2CCCC2)nc(NC2CC(CS(=O)(=O)c3ccc(F)cc3)C(O)C2O)c1-c1nc2c(C3CC3)nccc2s1. The van der Waals surface area contributed by atoms with Crippen molar-refractivity contribution in [2.45, 2.75) is 87.4 Å². The summed E-state index contributed by atoms with van der Waals surface area (Å²) in [6, 6.07) is 5.92. The summed E-state index contributed by atoms with van der Waals surface area (Å²) in [6.07, 6.45) is 7.82. The Bertz CT molecular complexity index is 1830. The highest BCUT2D eigenvalue weighted by atomic mass is 32.2. The number of halogens is 1. The minimum atomic E-state index is -3.83. The highest BCUT2D eigenvalue weighted by molar-refractivity contribution is 7.91. The molecule has 7 rings (SSSR count). The Morgan fingerprint density at radius 3 is 2.50 bits per heavy atom. The molecular weight excluding hydrogens is 628 g/mol. The van der Waals surface area contributed by atoms with E-state index in [1.54, 1.807) is 0 Å². The Labute approximate surface area is 271 Å². The van der Waals surface area contributed by atoms with E-state index in [2.05, 4.69) is 15.6 Å². The second-order valence-corrected chi connectivity index (χ2v) is 16.1. The fourth-order valence-electron chi connectivity index (χ4n) is 6.97. The molecule has 244 valence electrons. The second kappa shape index (κ2) is 12.7. The Kier molecular flexibility index (Phi) is 8.68. The molecule has 0 radical (unpaired) electrons. The normalized spacial score (nSPS) is 23.7. The summed E-state index contributed by atoms with van der Waals surface area (Å²) in [6.45, 7) is 2.66. The lowest BCUT2D eigenvalue weighted by atomic mass is 10.0. The van der Waals surface area contributed by atoms with Crippen LogP contribution in [0.5, 0.6) is 0 Å². The van der Waals surface area contributed by atoms with Gasteiger partial charge in [0, 0.05) is 24.6 Å². The van der Waals surface area contributed by atoms with E-state index in [1.807, 2.05) is 19.2 Å². The van der Waals surface area contributed by atoms with Gasteiger partial charge in [0.05, 0.1) is 44.4 Å². The third-order valence-corrected chi connectivity index (χ3v) is 12.5. The molecular formula is C33H39FN6O4S2. The van der Waals surface area contributed by atoms with Crippen LogP contribution in [0, 0.1) is 24.6 Å². The molecule has 0 amide bonds. The molecule has 4 unspecified atom stereocenters. The molecule has 13 heteroatoms. The van der Waals surface area contributed by atoms with Crippen LogP contribution in [0.15, 0.2) is 41.4 Å². The summed E-state index contributed by atoms with van der Waals surface area (Å²) >= 11 is 1.54. The maximum atomic E-state index is 13.4. The van der Waals surface area contributed by atoms with Gasteiger partial charge in [0.25, 0.3) is 0 Å². The highest BCUT2D eigenvalue weighted by Crippen LogP contribution is 2.45. The number of aryl methyl sites for hydroxylation is 1. The molecule has 3 aliphatic carbocycles. The van der Waals surface area contributed by atoms with E-state index in [9.17, 15) is 23.0 Å². The number of hydrogen-bond donors (Lipinski definition) is 4.